The van der Waals surface area contributed by atoms with Crippen molar-refractivity contribution in [1.82, 2.24) is 15.1 Å². The van der Waals surface area contributed by atoms with E-state index >= 15 is 0 Å². The number of aryl methyl sites for hydroxylation is 1. The predicted octanol–water partition coefficient (Wildman–Crippen LogP) is -0.325. The number of carbonyl (C=O) groups is 1. The van der Waals surface area contributed by atoms with Crippen molar-refractivity contribution in [3.05, 3.63) is 18.0 Å². The van der Waals surface area contributed by atoms with Crippen LogP contribution in [0.1, 0.15) is 23.8 Å². The third kappa shape index (κ3) is 2.97. The summed E-state index contributed by atoms with van der Waals surface area (Å²) >= 11 is 0. The second-order valence-corrected chi connectivity index (χ2v) is 3.51. The highest BCUT2D eigenvalue weighted by molar-refractivity contribution is 5.93. The fourth-order valence-electron chi connectivity index (χ4n) is 1.30. The SMILES string of the molecule is CC(CC(N)=NO)NC(=O)c1ccnn1C. The van der Waals surface area contributed by atoms with E-state index in [1.807, 2.05) is 0 Å². The standard InChI is InChI=1S/C9H15N5O2/c1-6(5-8(10)13-16)12-9(15)7-3-4-11-14(7)2/h3-4,6,16H,5H2,1-2H3,(H2,10,13)(H,12,15). The molecule has 1 rings (SSSR count). The molecule has 7 nitrogen and oxygen atoms in total. The Morgan fingerprint density at radius 3 is 3.00 bits per heavy atom. The third-order valence-electron chi connectivity index (χ3n) is 2.07. The number of amides is 1. The zero-order valence-electron chi connectivity index (χ0n) is 9.21. The summed E-state index contributed by atoms with van der Waals surface area (Å²) in [6.07, 6.45) is 1.84. The van der Waals surface area contributed by atoms with Gasteiger partial charge in [-0.15, -0.1) is 0 Å². The molecule has 0 aliphatic heterocycles. The largest absolute Gasteiger partial charge is 0.409 e. The molecule has 1 aromatic heterocycles. The van der Waals surface area contributed by atoms with Crippen LogP contribution in [0.15, 0.2) is 17.4 Å². The van der Waals surface area contributed by atoms with Gasteiger partial charge in [-0.25, -0.2) is 0 Å². The molecule has 1 aromatic rings. The molecule has 16 heavy (non-hydrogen) atoms. The van der Waals surface area contributed by atoms with E-state index in [9.17, 15) is 4.79 Å². The van der Waals surface area contributed by atoms with Gasteiger partial charge in [-0.1, -0.05) is 5.16 Å². The van der Waals surface area contributed by atoms with Gasteiger partial charge in [0.05, 0.1) is 0 Å². The van der Waals surface area contributed by atoms with Gasteiger partial charge in [0.2, 0.25) is 0 Å². The molecule has 0 aromatic carbocycles. The van der Waals surface area contributed by atoms with Crippen molar-refractivity contribution in [2.45, 2.75) is 19.4 Å². The monoisotopic (exact) mass is 225 g/mol. The lowest BCUT2D eigenvalue weighted by molar-refractivity contribution is 0.0931. The average molecular weight is 225 g/mol. The molecular formula is C9H15N5O2. The first-order chi connectivity index (χ1) is 7.54. The maximum absolute atomic E-state index is 11.7. The summed E-state index contributed by atoms with van der Waals surface area (Å²) in [5, 5.41) is 17.8. The minimum atomic E-state index is -0.238. The van der Waals surface area contributed by atoms with Gasteiger partial charge in [-0.05, 0) is 13.0 Å². The molecule has 1 atom stereocenters. The van der Waals surface area contributed by atoms with Crippen LogP contribution in [-0.2, 0) is 7.05 Å². The van der Waals surface area contributed by atoms with Crippen LogP contribution in [-0.4, -0.2) is 32.8 Å². The number of hydrogen-bond donors (Lipinski definition) is 3. The van der Waals surface area contributed by atoms with E-state index in [1.54, 1.807) is 26.2 Å². The molecule has 1 amide bonds. The molecule has 7 heteroatoms. The molecule has 0 fully saturated rings. The number of nitrogens with zero attached hydrogens (tertiary/aromatic N) is 3. The number of nitrogens with one attached hydrogen (secondary N) is 1. The predicted molar refractivity (Wildman–Crippen MR) is 58.2 cm³/mol. The van der Waals surface area contributed by atoms with Crippen molar-refractivity contribution in [3.63, 3.8) is 0 Å². The van der Waals surface area contributed by atoms with Gasteiger partial charge < -0.3 is 16.3 Å². The molecule has 0 aliphatic carbocycles. The summed E-state index contributed by atoms with van der Waals surface area (Å²) in [4.78, 5) is 11.7. The van der Waals surface area contributed by atoms with E-state index in [0.717, 1.165) is 0 Å². The smallest absolute Gasteiger partial charge is 0.269 e. The molecule has 0 spiro atoms. The average Bonchev–Trinajstić information content (AvgIpc) is 2.63. The van der Waals surface area contributed by atoms with Crippen molar-refractivity contribution in [1.29, 1.82) is 0 Å². The number of nitrogens with two attached hydrogens (primary N) is 1. The van der Waals surface area contributed by atoms with Crippen molar-refractivity contribution in [2.75, 3.05) is 0 Å². The topological polar surface area (TPSA) is 106 Å². The molecule has 0 radical (unpaired) electrons. The summed E-state index contributed by atoms with van der Waals surface area (Å²) in [7, 11) is 1.68. The quantitative estimate of drug-likeness (QED) is 0.282. The van der Waals surface area contributed by atoms with Crippen LogP contribution in [0.25, 0.3) is 0 Å². The van der Waals surface area contributed by atoms with Crippen LogP contribution in [0.2, 0.25) is 0 Å². The zero-order valence-corrected chi connectivity index (χ0v) is 9.21. The highest BCUT2D eigenvalue weighted by Crippen LogP contribution is 1.98. The van der Waals surface area contributed by atoms with Gasteiger partial charge in [0.15, 0.2) is 0 Å². The number of rotatable bonds is 4. The second-order valence-electron chi connectivity index (χ2n) is 3.51. The van der Waals surface area contributed by atoms with Gasteiger partial charge in [0, 0.05) is 25.7 Å². The Labute approximate surface area is 92.9 Å². The van der Waals surface area contributed by atoms with Gasteiger partial charge in [-0.2, -0.15) is 5.10 Å². The number of amidine groups is 1. The lowest BCUT2D eigenvalue weighted by atomic mass is 10.2. The fraction of sp³-hybridized carbons (Fsp3) is 0.444. The Hall–Kier alpha value is -2.05. The number of carbonyl (C=O) groups excluding carboxylic acids is 1. The Morgan fingerprint density at radius 2 is 2.50 bits per heavy atom. The molecule has 0 saturated heterocycles. The van der Waals surface area contributed by atoms with Crippen LogP contribution < -0.4 is 11.1 Å². The summed E-state index contributed by atoms with van der Waals surface area (Å²) in [6, 6.07) is 1.41. The van der Waals surface area contributed by atoms with Crippen molar-refractivity contribution >= 4 is 11.7 Å². The lowest BCUT2D eigenvalue weighted by Crippen LogP contribution is -2.36. The first-order valence-corrected chi connectivity index (χ1v) is 4.80. The third-order valence-corrected chi connectivity index (χ3v) is 2.07. The summed E-state index contributed by atoms with van der Waals surface area (Å²) in [5.74, 6) is -0.156. The minimum absolute atomic E-state index is 0.0813. The summed E-state index contributed by atoms with van der Waals surface area (Å²) in [6.45, 7) is 1.77. The van der Waals surface area contributed by atoms with Gasteiger partial charge in [-0.3, -0.25) is 9.48 Å². The van der Waals surface area contributed by atoms with Gasteiger partial charge in [0.1, 0.15) is 11.5 Å². The Morgan fingerprint density at radius 1 is 1.81 bits per heavy atom. The van der Waals surface area contributed by atoms with Crippen LogP contribution in [0.5, 0.6) is 0 Å². The maximum Gasteiger partial charge on any atom is 0.269 e. The molecule has 4 N–H and O–H groups in total. The second kappa shape index (κ2) is 5.15. The Bertz CT molecular complexity index is 398. The van der Waals surface area contributed by atoms with Crippen molar-refractivity contribution < 1.29 is 10.0 Å². The maximum atomic E-state index is 11.7. The van der Waals surface area contributed by atoms with E-state index in [1.165, 1.54) is 4.68 Å². The highest BCUT2D eigenvalue weighted by Gasteiger charge is 2.13. The molecule has 0 aliphatic rings. The van der Waals surface area contributed by atoms with Gasteiger partial charge >= 0.3 is 0 Å². The molecule has 88 valence electrons. The molecule has 0 saturated carbocycles. The van der Waals surface area contributed by atoms with Crippen molar-refractivity contribution in [2.24, 2.45) is 17.9 Å². The van der Waals surface area contributed by atoms with Crippen LogP contribution >= 0.6 is 0 Å². The van der Waals surface area contributed by atoms with Crippen LogP contribution in [0.3, 0.4) is 0 Å². The van der Waals surface area contributed by atoms with Crippen molar-refractivity contribution in [3.8, 4) is 0 Å². The molecule has 1 unspecified atom stereocenters. The molecule has 0 bridgehead atoms. The van der Waals surface area contributed by atoms with E-state index < -0.39 is 0 Å². The normalized spacial score (nSPS) is 13.5. The van der Waals surface area contributed by atoms with E-state index in [2.05, 4.69) is 15.6 Å². The summed E-state index contributed by atoms with van der Waals surface area (Å²) < 4.78 is 1.48. The van der Waals surface area contributed by atoms with E-state index in [-0.39, 0.29) is 17.8 Å². The fourth-order valence-corrected chi connectivity index (χ4v) is 1.30. The molecular weight excluding hydrogens is 210 g/mol. The minimum Gasteiger partial charge on any atom is -0.409 e. The zero-order chi connectivity index (χ0) is 12.1. The first-order valence-electron chi connectivity index (χ1n) is 4.80. The molecule has 1 heterocycles. The summed E-state index contributed by atoms with van der Waals surface area (Å²) in [5.41, 5.74) is 5.79. The lowest BCUT2D eigenvalue weighted by Gasteiger charge is -2.12. The van der Waals surface area contributed by atoms with Crippen LogP contribution in [0, 0.1) is 0 Å². The highest BCUT2D eigenvalue weighted by atomic mass is 16.4. The number of oxime groups is 1. The first kappa shape index (κ1) is 12.0. The van der Waals surface area contributed by atoms with Crippen LogP contribution in [0.4, 0.5) is 0 Å². The number of aromatic nitrogens is 2. The number of hydrogen-bond acceptors (Lipinski definition) is 4. The van der Waals surface area contributed by atoms with E-state index in [4.69, 9.17) is 10.9 Å². The Kier molecular flexibility index (Phi) is 3.87. The van der Waals surface area contributed by atoms with E-state index in [0.29, 0.717) is 12.1 Å². The Balaban J connectivity index is 2.55. The van der Waals surface area contributed by atoms with Gasteiger partial charge in [0.25, 0.3) is 5.91 Å².